The van der Waals surface area contributed by atoms with Crippen molar-refractivity contribution >= 4 is 27.3 Å². The number of nitrogen functional groups attached to an aromatic ring is 1. The Labute approximate surface area is 118 Å². The van der Waals surface area contributed by atoms with Gasteiger partial charge in [0, 0.05) is 18.3 Å². The number of imidazole rings is 1. The fourth-order valence-electron chi connectivity index (χ4n) is 2.48. The maximum atomic E-state index is 9.08. The Morgan fingerprint density at radius 1 is 1.53 bits per heavy atom. The number of halogens is 1. The minimum atomic E-state index is -0.0438. The number of ether oxygens (including phenoxy) is 1. The molecule has 3 N–H and O–H groups in total. The molecule has 0 amide bonds. The van der Waals surface area contributed by atoms with Crippen LogP contribution < -0.4 is 5.73 Å². The van der Waals surface area contributed by atoms with Crippen molar-refractivity contribution in [2.24, 2.45) is 0 Å². The van der Waals surface area contributed by atoms with Crippen LogP contribution in [0.3, 0.4) is 0 Å². The molecule has 1 saturated heterocycles. The number of anilines is 1. The van der Waals surface area contributed by atoms with Gasteiger partial charge >= 0.3 is 0 Å². The van der Waals surface area contributed by atoms with Gasteiger partial charge in [0.1, 0.15) is 15.9 Å². The lowest BCUT2D eigenvalue weighted by atomic mass is 9.98. The molecule has 0 bridgehead atoms. The fourth-order valence-corrected chi connectivity index (χ4v) is 3.06. The molecule has 0 saturated carbocycles. The van der Waals surface area contributed by atoms with Gasteiger partial charge in [-0.3, -0.25) is 4.40 Å². The van der Waals surface area contributed by atoms with Gasteiger partial charge in [0.15, 0.2) is 5.82 Å². The molecular weight excluding hydrogens is 312 g/mol. The summed E-state index contributed by atoms with van der Waals surface area (Å²) >= 11 is 3.43. The molecule has 6 nitrogen and oxygen atoms in total. The summed E-state index contributed by atoms with van der Waals surface area (Å²) in [5.41, 5.74) is 6.67. The van der Waals surface area contributed by atoms with Gasteiger partial charge in [0.05, 0.1) is 19.3 Å². The SMILES string of the molecule is Nc1nccn2c(C3CCC(CO)OC3)nc(Br)c12. The van der Waals surface area contributed by atoms with Crippen molar-refractivity contribution in [1.82, 2.24) is 14.4 Å². The van der Waals surface area contributed by atoms with Crippen LogP contribution >= 0.6 is 15.9 Å². The van der Waals surface area contributed by atoms with Crippen molar-refractivity contribution in [2.45, 2.75) is 24.9 Å². The molecule has 0 radical (unpaired) electrons. The zero-order valence-corrected chi connectivity index (χ0v) is 11.9. The fraction of sp³-hybridized carbons (Fsp3) is 0.500. The van der Waals surface area contributed by atoms with E-state index in [0.717, 1.165) is 24.2 Å². The molecule has 1 aliphatic heterocycles. The Balaban J connectivity index is 1.96. The van der Waals surface area contributed by atoms with E-state index in [2.05, 4.69) is 25.9 Å². The highest BCUT2D eigenvalue weighted by atomic mass is 79.9. The number of aliphatic hydroxyl groups excluding tert-OH is 1. The van der Waals surface area contributed by atoms with Crippen LogP contribution in [0, 0.1) is 0 Å². The molecule has 2 aromatic heterocycles. The highest BCUT2D eigenvalue weighted by molar-refractivity contribution is 9.10. The maximum absolute atomic E-state index is 9.08. The molecule has 102 valence electrons. The zero-order chi connectivity index (χ0) is 13.4. The number of fused-ring (bicyclic) bond motifs is 1. The monoisotopic (exact) mass is 326 g/mol. The van der Waals surface area contributed by atoms with E-state index in [1.165, 1.54) is 0 Å². The van der Waals surface area contributed by atoms with Crippen molar-refractivity contribution in [2.75, 3.05) is 18.9 Å². The first-order chi connectivity index (χ1) is 9.20. The van der Waals surface area contributed by atoms with E-state index in [4.69, 9.17) is 15.6 Å². The summed E-state index contributed by atoms with van der Waals surface area (Å²) in [6.45, 7) is 0.647. The zero-order valence-electron chi connectivity index (χ0n) is 10.3. The van der Waals surface area contributed by atoms with Gasteiger partial charge in [-0.25, -0.2) is 9.97 Å². The Hall–Kier alpha value is -1.18. The maximum Gasteiger partial charge on any atom is 0.150 e. The molecule has 1 aliphatic rings. The quantitative estimate of drug-likeness (QED) is 0.869. The normalized spacial score (nSPS) is 23.9. The summed E-state index contributed by atoms with van der Waals surface area (Å²) in [6, 6.07) is 0. The van der Waals surface area contributed by atoms with E-state index in [0.29, 0.717) is 17.0 Å². The second-order valence-electron chi connectivity index (χ2n) is 4.70. The lowest BCUT2D eigenvalue weighted by Gasteiger charge is -2.27. The number of hydrogen-bond acceptors (Lipinski definition) is 5. The first-order valence-corrected chi connectivity index (χ1v) is 7.00. The van der Waals surface area contributed by atoms with E-state index in [9.17, 15) is 0 Å². The molecule has 0 aromatic carbocycles. The summed E-state index contributed by atoms with van der Waals surface area (Å²) in [4.78, 5) is 8.62. The molecule has 2 aromatic rings. The molecule has 7 heteroatoms. The second kappa shape index (κ2) is 5.07. The van der Waals surface area contributed by atoms with Crippen LogP contribution in [0.15, 0.2) is 17.0 Å². The van der Waals surface area contributed by atoms with Crippen molar-refractivity contribution in [3.8, 4) is 0 Å². The van der Waals surface area contributed by atoms with Gasteiger partial charge in [-0.1, -0.05) is 0 Å². The molecule has 19 heavy (non-hydrogen) atoms. The molecule has 3 heterocycles. The number of aliphatic hydroxyl groups is 1. The van der Waals surface area contributed by atoms with Crippen LogP contribution in [-0.2, 0) is 4.74 Å². The molecule has 2 unspecified atom stereocenters. The van der Waals surface area contributed by atoms with Crippen LogP contribution in [0.1, 0.15) is 24.6 Å². The lowest BCUT2D eigenvalue weighted by Crippen LogP contribution is -2.28. The minimum Gasteiger partial charge on any atom is -0.394 e. The van der Waals surface area contributed by atoms with Crippen LogP contribution in [0.4, 0.5) is 5.82 Å². The first kappa shape index (κ1) is 12.8. The summed E-state index contributed by atoms with van der Waals surface area (Å²) in [5, 5.41) is 9.08. The Morgan fingerprint density at radius 2 is 2.37 bits per heavy atom. The van der Waals surface area contributed by atoms with Crippen molar-refractivity contribution in [1.29, 1.82) is 0 Å². The number of nitrogens with zero attached hydrogens (tertiary/aromatic N) is 3. The Morgan fingerprint density at radius 3 is 3.05 bits per heavy atom. The Kier molecular flexibility index (Phi) is 3.42. The van der Waals surface area contributed by atoms with Crippen molar-refractivity contribution in [3.05, 3.63) is 22.8 Å². The van der Waals surface area contributed by atoms with Gasteiger partial charge in [0.2, 0.25) is 0 Å². The molecule has 2 atom stereocenters. The van der Waals surface area contributed by atoms with E-state index in [1.807, 2.05) is 10.6 Å². The summed E-state index contributed by atoms with van der Waals surface area (Å²) in [7, 11) is 0. The molecule has 0 aliphatic carbocycles. The minimum absolute atomic E-state index is 0.0438. The highest BCUT2D eigenvalue weighted by Gasteiger charge is 2.26. The smallest absolute Gasteiger partial charge is 0.150 e. The van der Waals surface area contributed by atoms with E-state index in [-0.39, 0.29) is 18.6 Å². The second-order valence-corrected chi connectivity index (χ2v) is 5.46. The number of nitrogens with two attached hydrogens (primary N) is 1. The standard InChI is InChI=1S/C12H15BrN4O2/c13-10-9-11(14)15-3-4-17(9)12(16-10)7-1-2-8(5-18)19-6-7/h3-4,7-8,18H,1-2,5-6H2,(H2,14,15). The summed E-state index contributed by atoms with van der Waals surface area (Å²) in [5.74, 6) is 1.59. The molecule has 3 rings (SSSR count). The van der Waals surface area contributed by atoms with Gasteiger partial charge in [0.25, 0.3) is 0 Å². The predicted octanol–water partition coefficient (Wildman–Crippen LogP) is 1.33. The van der Waals surface area contributed by atoms with Crippen LogP contribution in [0.2, 0.25) is 0 Å². The third-order valence-electron chi connectivity index (χ3n) is 3.51. The van der Waals surface area contributed by atoms with Gasteiger partial charge in [-0.15, -0.1) is 0 Å². The number of aromatic nitrogens is 3. The van der Waals surface area contributed by atoms with Gasteiger partial charge < -0.3 is 15.6 Å². The van der Waals surface area contributed by atoms with E-state index >= 15 is 0 Å². The third kappa shape index (κ3) is 2.22. The largest absolute Gasteiger partial charge is 0.394 e. The van der Waals surface area contributed by atoms with Crippen molar-refractivity contribution in [3.63, 3.8) is 0 Å². The molecule has 1 fully saturated rings. The van der Waals surface area contributed by atoms with Gasteiger partial charge in [-0.05, 0) is 28.8 Å². The van der Waals surface area contributed by atoms with E-state index in [1.54, 1.807) is 6.20 Å². The third-order valence-corrected chi connectivity index (χ3v) is 4.06. The molecular formula is C12H15BrN4O2. The van der Waals surface area contributed by atoms with Crippen LogP contribution in [-0.4, -0.2) is 38.8 Å². The highest BCUT2D eigenvalue weighted by Crippen LogP contribution is 2.31. The predicted molar refractivity (Wildman–Crippen MR) is 73.9 cm³/mol. The topological polar surface area (TPSA) is 85.7 Å². The number of rotatable bonds is 2. The lowest BCUT2D eigenvalue weighted by molar-refractivity contribution is -0.0283. The van der Waals surface area contributed by atoms with E-state index < -0.39 is 0 Å². The average molecular weight is 327 g/mol. The Bertz CT molecular complexity index is 593. The number of hydrogen-bond donors (Lipinski definition) is 2. The molecule has 0 spiro atoms. The summed E-state index contributed by atoms with van der Waals surface area (Å²) in [6.07, 6.45) is 5.27. The van der Waals surface area contributed by atoms with Crippen LogP contribution in [0.5, 0.6) is 0 Å². The van der Waals surface area contributed by atoms with Crippen molar-refractivity contribution < 1.29 is 9.84 Å². The van der Waals surface area contributed by atoms with Gasteiger partial charge in [-0.2, -0.15) is 0 Å². The summed E-state index contributed by atoms with van der Waals surface area (Å²) < 4.78 is 8.28. The van der Waals surface area contributed by atoms with Crippen LogP contribution in [0.25, 0.3) is 5.52 Å². The first-order valence-electron chi connectivity index (χ1n) is 6.21. The average Bonchev–Trinajstić information content (AvgIpc) is 2.78.